The van der Waals surface area contributed by atoms with E-state index in [0.29, 0.717) is 18.4 Å². The summed E-state index contributed by atoms with van der Waals surface area (Å²) in [6.45, 7) is 7.99. The molecule has 0 spiro atoms. The fraction of sp³-hybridized carbons (Fsp3) is 0.412. The van der Waals surface area contributed by atoms with Gasteiger partial charge in [-0.25, -0.2) is 0 Å². The number of aliphatic imine (C=N–C) groups is 1. The predicted octanol–water partition coefficient (Wildman–Crippen LogP) is 4.21. The number of aliphatic hydroxyl groups is 1. The molecule has 1 aliphatic rings. The molecule has 1 aliphatic carbocycles. The first-order valence-corrected chi connectivity index (χ1v) is 6.85. The van der Waals surface area contributed by atoms with Gasteiger partial charge in [-0.1, -0.05) is 31.5 Å². The van der Waals surface area contributed by atoms with Crippen molar-refractivity contribution in [2.45, 2.75) is 40.5 Å². The smallest absolute Gasteiger partial charge is 0.168 e. The zero-order valence-electron chi connectivity index (χ0n) is 12.5. The van der Waals surface area contributed by atoms with Crippen LogP contribution in [0.4, 0.5) is 5.69 Å². The second-order valence-corrected chi connectivity index (χ2v) is 6.35. The first-order chi connectivity index (χ1) is 9.28. The van der Waals surface area contributed by atoms with Gasteiger partial charge in [0.15, 0.2) is 5.78 Å². The van der Waals surface area contributed by atoms with Crippen molar-refractivity contribution in [3.63, 3.8) is 0 Å². The lowest BCUT2D eigenvalue weighted by atomic mass is 9.77. The van der Waals surface area contributed by atoms with E-state index in [2.05, 4.69) is 4.99 Å². The van der Waals surface area contributed by atoms with Gasteiger partial charge < -0.3 is 5.11 Å². The maximum Gasteiger partial charge on any atom is 0.168 e. The van der Waals surface area contributed by atoms with Crippen molar-refractivity contribution < 1.29 is 9.90 Å². The quantitative estimate of drug-likeness (QED) is 0.819. The van der Waals surface area contributed by atoms with Crippen molar-refractivity contribution in [3.05, 3.63) is 40.7 Å². The Morgan fingerprint density at radius 1 is 1.25 bits per heavy atom. The van der Waals surface area contributed by atoms with Crippen LogP contribution in [-0.2, 0) is 4.79 Å². The highest BCUT2D eigenvalue weighted by Gasteiger charge is 2.32. The van der Waals surface area contributed by atoms with Crippen molar-refractivity contribution in [3.8, 4) is 0 Å². The van der Waals surface area contributed by atoms with E-state index in [1.54, 1.807) is 0 Å². The van der Waals surface area contributed by atoms with Crippen LogP contribution in [0.1, 0.15) is 37.8 Å². The molecule has 0 fully saturated rings. The molecule has 0 saturated carbocycles. The third-order valence-electron chi connectivity index (χ3n) is 3.58. The van der Waals surface area contributed by atoms with Crippen molar-refractivity contribution >= 4 is 17.7 Å². The minimum absolute atomic E-state index is 0.0349. The number of hydrogen-bond acceptors (Lipinski definition) is 3. The number of rotatable bonds is 2. The summed E-state index contributed by atoms with van der Waals surface area (Å²) in [7, 11) is 0. The van der Waals surface area contributed by atoms with Crippen LogP contribution in [0.2, 0.25) is 0 Å². The number of benzene rings is 1. The van der Waals surface area contributed by atoms with Crippen molar-refractivity contribution in [2.75, 3.05) is 0 Å². The van der Waals surface area contributed by atoms with E-state index < -0.39 is 0 Å². The molecule has 0 bridgehead atoms. The molecule has 0 heterocycles. The standard InChI is InChI=1S/C17H21NO2/c1-11-5-6-14(12(2)7-11)18-10-13-15(19)8-17(3,4)9-16(13)20/h5-7,10,19H,8-9H2,1-4H3. The molecule has 0 aliphatic heterocycles. The molecule has 20 heavy (non-hydrogen) atoms. The maximum absolute atomic E-state index is 12.1. The first kappa shape index (κ1) is 14.5. The number of carbonyl (C=O) groups excluding carboxylic acids is 1. The molecule has 1 aromatic rings. The molecule has 3 heteroatoms. The number of hydrogen-bond donors (Lipinski definition) is 1. The molecule has 0 aromatic heterocycles. The molecule has 0 radical (unpaired) electrons. The molecular weight excluding hydrogens is 250 g/mol. The molecule has 1 N–H and O–H groups in total. The summed E-state index contributed by atoms with van der Waals surface area (Å²) in [6.07, 6.45) is 2.48. The van der Waals surface area contributed by atoms with E-state index in [1.807, 2.05) is 45.9 Å². The minimum Gasteiger partial charge on any atom is -0.511 e. The lowest BCUT2D eigenvalue weighted by Crippen LogP contribution is -2.26. The lowest BCUT2D eigenvalue weighted by Gasteiger charge is -2.28. The fourth-order valence-electron chi connectivity index (χ4n) is 2.53. The van der Waals surface area contributed by atoms with Gasteiger partial charge in [0.25, 0.3) is 0 Å². The molecule has 2 rings (SSSR count). The topological polar surface area (TPSA) is 49.7 Å². The van der Waals surface area contributed by atoms with Gasteiger partial charge in [-0.2, -0.15) is 0 Å². The normalized spacial score (nSPS) is 18.9. The number of nitrogens with zero attached hydrogens (tertiary/aromatic N) is 1. The highest BCUT2D eigenvalue weighted by Crippen LogP contribution is 2.35. The van der Waals surface area contributed by atoms with Crippen LogP contribution in [0.5, 0.6) is 0 Å². The average Bonchev–Trinajstić information content (AvgIpc) is 2.28. The Hall–Kier alpha value is -1.90. The third kappa shape index (κ3) is 3.16. The van der Waals surface area contributed by atoms with Gasteiger partial charge in [0, 0.05) is 19.1 Å². The van der Waals surface area contributed by atoms with Crippen LogP contribution >= 0.6 is 0 Å². The molecular formula is C17H21NO2. The van der Waals surface area contributed by atoms with Gasteiger partial charge >= 0.3 is 0 Å². The Morgan fingerprint density at radius 2 is 1.95 bits per heavy atom. The first-order valence-electron chi connectivity index (χ1n) is 6.85. The predicted molar refractivity (Wildman–Crippen MR) is 81.7 cm³/mol. The molecule has 0 saturated heterocycles. The second kappa shape index (κ2) is 5.23. The SMILES string of the molecule is Cc1ccc(N=CC2=C(O)CC(C)(C)CC2=O)c(C)c1. The third-order valence-corrected chi connectivity index (χ3v) is 3.58. The summed E-state index contributed by atoms with van der Waals surface area (Å²) in [5.41, 5.74) is 3.25. The van der Waals surface area contributed by atoms with E-state index in [9.17, 15) is 9.90 Å². The van der Waals surface area contributed by atoms with Gasteiger partial charge in [0.2, 0.25) is 0 Å². The second-order valence-electron chi connectivity index (χ2n) is 6.35. The van der Waals surface area contributed by atoms with Crippen molar-refractivity contribution in [2.24, 2.45) is 10.4 Å². The number of aliphatic hydroxyl groups excluding tert-OH is 1. The summed E-state index contributed by atoms with van der Waals surface area (Å²) in [5, 5.41) is 10.0. The van der Waals surface area contributed by atoms with Crippen molar-refractivity contribution in [1.82, 2.24) is 0 Å². The Balaban J connectivity index is 2.29. The fourth-order valence-corrected chi connectivity index (χ4v) is 2.53. The Kier molecular flexibility index (Phi) is 3.80. The highest BCUT2D eigenvalue weighted by atomic mass is 16.3. The Labute approximate surface area is 120 Å². The van der Waals surface area contributed by atoms with E-state index in [1.165, 1.54) is 11.8 Å². The van der Waals surface area contributed by atoms with Gasteiger partial charge in [0.05, 0.1) is 11.3 Å². The van der Waals surface area contributed by atoms with Crippen LogP contribution < -0.4 is 0 Å². The molecule has 3 nitrogen and oxygen atoms in total. The monoisotopic (exact) mass is 271 g/mol. The summed E-state index contributed by atoms with van der Waals surface area (Å²) in [4.78, 5) is 16.4. The number of carbonyl (C=O) groups is 1. The van der Waals surface area contributed by atoms with Crippen LogP contribution in [0, 0.1) is 19.3 Å². The van der Waals surface area contributed by atoms with E-state index in [0.717, 1.165) is 11.3 Å². The number of allylic oxidation sites excluding steroid dienone is 2. The molecule has 106 valence electrons. The van der Waals surface area contributed by atoms with Crippen LogP contribution in [0.25, 0.3) is 0 Å². The maximum atomic E-state index is 12.1. The summed E-state index contributed by atoms with van der Waals surface area (Å²) in [6, 6.07) is 5.96. The summed E-state index contributed by atoms with van der Waals surface area (Å²) >= 11 is 0. The van der Waals surface area contributed by atoms with Gasteiger partial charge in [-0.15, -0.1) is 0 Å². The highest BCUT2D eigenvalue weighted by molar-refractivity contribution is 6.14. The van der Waals surface area contributed by atoms with Crippen LogP contribution in [0.3, 0.4) is 0 Å². The van der Waals surface area contributed by atoms with E-state index in [4.69, 9.17) is 0 Å². The lowest BCUT2D eigenvalue weighted by molar-refractivity contribution is -0.117. The molecule has 1 aromatic carbocycles. The van der Waals surface area contributed by atoms with Gasteiger partial charge in [0.1, 0.15) is 5.76 Å². The molecule has 0 unspecified atom stereocenters. The minimum atomic E-state index is -0.168. The zero-order chi connectivity index (χ0) is 14.9. The number of Topliss-reactive ketones (excluding diaryl/α,β-unsaturated/α-hetero) is 1. The molecule has 0 atom stereocenters. The number of aryl methyl sites for hydroxylation is 2. The average molecular weight is 271 g/mol. The van der Waals surface area contributed by atoms with E-state index >= 15 is 0 Å². The Morgan fingerprint density at radius 3 is 2.55 bits per heavy atom. The Bertz CT molecular complexity index is 609. The summed E-state index contributed by atoms with van der Waals surface area (Å²) in [5.74, 6) is 0.118. The van der Waals surface area contributed by atoms with Crippen LogP contribution in [0.15, 0.2) is 34.5 Å². The van der Waals surface area contributed by atoms with Gasteiger partial charge in [-0.05, 0) is 30.9 Å². The van der Waals surface area contributed by atoms with Crippen molar-refractivity contribution in [1.29, 1.82) is 0 Å². The van der Waals surface area contributed by atoms with Crippen LogP contribution in [-0.4, -0.2) is 17.1 Å². The zero-order valence-corrected chi connectivity index (χ0v) is 12.5. The largest absolute Gasteiger partial charge is 0.511 e. The van der Waals surface area contributed by atoms with E-state index in [-0.39, 0.29) is 17.0 Å². The number of ketones is 1. The molecule has 0 amide bonds. The summed E-state index contributed by atoms with van der Waals surface area (Å²) < 4.78 is 0. The van der Waals surface area contributed by atoms with Gasteiger partial charge in [-0.3, -0.25) is 9.79 Å².